The SMILES string of the molecule is CC(C)c1nc(CN(C)C(=O)N[C@H](C(=O)NCCC[C@H](C)NC(=O)OCc2cncs2)C(C)O)cs1. The van der Waals surface area contributed by atoms with Gasteiger partial charge in [-0.05, 0) is 26.7 Å². The Bertz CT molecular complexity index is 966. The molecule has 0 spiro atoms. The lowest BCUT2D eigenvalue weighted by Crippen LogP contribution is -2.55. The Morgan fingerprint density at radius 1 is 1.17 bits per heavy atom. The number of rotatable bonds is 13. The normalized spacial score (nSPS) is 13.5. The van der Waals surface area contributed by atoms with Gasteiger partial charge in [0.1, 0.15) is 12.6 Å². The van der Waals surface area contributed by atoms with Gasteiger partial charge in [0.05, 0.1) is 33.7 Å². The van der Waals surface area contributed by atoms with Crippen molar-refractivity contribution in [1.29, 1.82) is 0 Å². The minimum absolute atomic E-state index is 0.154. The van der Waals surface area contributed by atoms with E-state index in [0.29, 0.717) is 31.8 Å². The van der Waals surface area contributed by atoms with E-state index in [1.165, 1.54) is 23.2 Å². The van der Waals surface area contributed by atoms with E-state index >= 15 is 0 Å². The molecule has 4 N–H and O–H groups in total. The van der Waals surface area contributed by atoms with Crippen LogP contribution < -0.4 is 16.0 Å². The smallest absolute Gasteiger partial charge is 0.407 e. The summed E-state index contributed by atoms with van der Waals surface area (Å²) < 4.78 is 5.14. The van der Waals surface area contributed by atoms with Gasteiger partial charge in [-0.1, -0.05) is 13.8 Å². The van der Waals surface area contributed by atoms with Crippen molar-refractivity contribution in [2.75, 3.05) is 13.6 Å². The molecule has 13 heteroatoms. The van der Waals surface area contributed by atoms with E-state index in [2.05, 4.69) is 39.8 Å². The largest absolute Gasteiger partial charge is 0.444 e. The predicted octanol–water partition coefficient (Wildman–Crippen LogP) is 2.83. The first-order valence-electron chi connectivity index (χ1n) is 11.8. The van der Waals surface area contributed by atoms with Crippen molar-refractivity contribution in [3.8, 4) is 0 Å². The van der Waals surface area contributed by atoms with E-state index in [0.717, 1.165) is 15.6 Å². The minimum Gasteiger partial charge on any atom is -0.444 e. The van der Waals surface area contributed by atoms with E-state index in [4.69, 9.17) is 4.74 Å². The zero-order chi connectivity index (χ0) is 26.7. The number of ether oxygens (including phenoxy) is 1. The first-order valence-corrected chi connectivity index (χ1v) is 13.5. The van der Waals surface area contributed by atoms with Crippen molar-refractivity contribution in [2.45, 2.75) is 77.8 Å². The lowest BCUT2D eigenvalue weighted by atomic mass is 10.1. The van der Waals surface area contributed by atoms with Crippen LogP contribution in [0.15, 0.2) is 17.1 Å². The molecule has 200 valence electrons. The number of nitrogens with one attached hydrogen (secondary N) is 3. The van der Waals surface area contributed by atoms with Gasteiger partial charge >= 0.3 is 12.1 Å². The predicted molar refractivity (Wildman–Crippen MR) is 139 cm³/mol. The van der Waals surface area contributed by atoms with Crippen molar-refractivity contribution < 1.29 is 24.2 Å². The zero-order valence-corrected chi connectivity index (χ0v) is 22.9. The maximum Gasteiger partial charge on any atom is 0.407 e. The first kappa shape index (κ1) is 29.5. The molecule has 1 unspecified atom stereocenters. The van der Waals surface area contributed by atoms with Crippen LogP contribution in [0.3, 0.4) is 0 Å². The number of carbonyl (C=O) groups is 3. The molecule has 0 aliphatic carbocycles. The molecule has 0 aliphatic rings. The highest BCUT2D eigenvalue weighted by Gasteiger charge is 2.27. The average Bonchev–Trinajstić information content (AvgIpc) is 3.50. The van der Waals surface area contributed by atoms with Crippen molar-refractivity contribution in [3.63, 3.8) is 0 Å². The van der Waals surface area contributed by atoms with Crippen LogP contribution in [0.1, 0.15) is 62.0 Å². The quantitative estimate of drug-likeness (QED) is 0.286. The zero-order valence-electron chi connectivity index (χ0n) is 21.3. The first-order chi connectivity index (χ1) is 17.1. The monoisotopic (exact) mass is 540 g/mol. The van der Waals surface area contributed by atoms with E-state index in [1.54, 1.807) is 30.1 Å². The molecule has 11 nitrogen and oxygen atoms in total. The molecule has 2 heterocycles. The van der Waals surface area contributed by atoms with Gasteiger partial charge in [0, 0.05) is 37.1 Å². The fourth-order valence-corrected chi connectivity index (χ4v) is 4.45. The van der Waals surface area contributed by atoms with Crippen LogP contribution in [0.2, 0.25) is 0 Å². The number of hydrogen-bond acceptors (Lipinski definition) is 9. The number of aliphatic hydroxyl groups excluding tert-OH is 1. The molecule has 36 heavy (non-hydrogen) atoms. The number of thiazole rings is 2. The second-order valence-corrected chi connectivity index (χ2v) is 10.7. The molecule has 0 fully saturated rings. The highest BCUT2D eigenvalue weighted by molar-refractivity contribution is 7.09. The summed E-state index contributed by atoms with van der Waals surface area (Å²) in [5.74, 6) is -0.167. The molecule has 0 aromatic carbocycles. The van der Waals surface area contributed by atoms with Crippen molar-refractivity contribution in [2.24, 2.45) is 0 Å². The van der Waals surface area contributed by atoms with Crippen molar-refractivity contribution in [3.05, 3.63) is 32.7 Å². The Morgan fingerprint density at radius 3 is 2.53 bits per heavy atom. The molecule has 0 radical (unpaired) electrons. The third-order valence-electron chi connectivity index (χ3n) is 5.16. The molecule has 2 aromatic rings. The second kappa shape index (κ2) is 14.7. The Balaban J connectivity index is 1.70. The van der Waals surface area contributed by atoms with E-state index in [-0.39, 0.29) is 12.6 Å². The number of nitrogens with zero attached hydrogens (tertiary/aromatic N) is 3. The summed E-state index contributed by atoms with van der Waals surface area (Å²) in [7, 11) is 1.61. The summed E-state index contributed by atoms with van der Waals surface area (Å²) in [4.78, 5) is 47.8. The molecule has 0 aliphatic heterocycles. The number of carbonyl (C=O) groups excluding carboxylic acids is 3. The summed E-state index contributed by atoms with van der Waals surface area (Å²) in [6.07, 6.45) is 1.25. The van der Waals surface area contributed by atoms with Gasteiger partial charge in [0.2, 0.25) is 5.91 Å². The minimum atomic E-state index is -1.10. The number of amides is 4. The fourth-order valence-electron chi connectivity index (χ4n) is 3.12. The number of hydrogen-bond donors (Lipinski definition) is 4. The summed E-state index contributed by atoms with van der Waals surface area (Å²) in [6, 6.07) is -1.73. The number of aromatic nitrogens is 2. The highest BCUT2D eigenvalue weighted by Crippen LogP contribution is 2.19. The van der Waals surface area contributed by atoms with Gasteiger partial charge in [-0.25, -0.2) is 14.6 Å². The van der Waals surface area contributed by atoms with Crippen LogP contribution >= 0.6 is 22.7 Å². The van der Waals surface area contributed by atoms with Crippen LogP contribution in [0, 0.1) is 0 Å². The third kappa shape index (κ3) is 10.1. The third-order valence-corrected chi connectivity index (χ3v) is 7.11. The van der Waals surface area contributed by atoms with Gasteiger partial charge in [-0.2, -0.15) is 0 Å². The van der Waals surface area contributed by atoms with Gasteiger partial charge in [0.25, 0.3) is 0 Å². The summed E-state index contributed by atoms with van der Waals surface area (Å²) in [6.45, 7) is 8.20. The molecule has 0 saturated heterocycles. The summed E-state index contributed by atoms with van der Waals surface area (Å²) in [5.41, 5.74) is 2.44. The molecular weight excluding hydrogens is 504 g/mol. The standard InChI is InChI=1S/C23H36N6O5S2/c1-14(2)21-27-17(12-35-21)10-29(5)22(32)28-19(16(4)30)20(31)25-8-6-7-15(3)26-23(33)34-11-18-9-24-13-36-18/h9,12-16,19,30H,6-8,10-11H2,1-5H3,(H,25,31)(H,26,33)(H,28,32)/t15-,16?,19-/m0/s1. The van der Waals surface area contributed by atoms with E-state index < -0.39 is 30.2 Å². The van der Waals surface area contributed by atoms with Crippen molar-refractivity contribution >= 4 is 40.7 Å². The number of aliphatic hydroxyl groups is 1. The lowest BCUT2D eigenvalue weighted by Gasteiger charge is -2.24. The lowest BCUT2D eigenvalue weighted by molar-refractivity contribution is -0.125. The Kier molecular flexibility index (Phi) is 12.0. The molecule has 4 amide bonds. The van der Waals surface area contributed by atoms with Gasteiger partial charge in [-0.3, -0.25) is 9.78 Å². The maximum absolute atomic E-state index is 12.6. The molecule has 0 saturated carbocycles. The van der Waals surface area contributed by atoms with Gasteiger partial charge < -0.3 is 30.7 Å². The summed E-state index contributed by atoms with van der Waals surface area (Å²) in [5, 5.41) is 21.0. The maximum atomic E-state index is 12.6. The summed E-state index contributed by atoms with van der Waals surface area (Å²) >= 11 is 2.96. The number of alkyl carbamates (subject to hydrolysis) is 1. The topological polar surface area (TPSA) is 146 Å². The number of urea groups is 1. The van der Waals surface area contributed by atoms with Gasteiger partial charge in [0.15, 0.2) is 0 Å². The molecule has 2 rings (SSSR count). The molecule has 3 atom stereocenters. The molecule has 0 bridgehead atoms. The Labute approximate surface area is 219 Å². The van der Waals surface area contributed by atoms with E-state index in [9.17, 15) is 19.5 Å². The van der Waals surface area contributed by atoms with Crippen LogP contribution in [-0.2, 0) is 22.7 Å². The van der Waals surface area contributed by atoms with Crippen molar-refractivity contribution in [1.82, 2.24) is 30.8 Å². The second-order valence-electron chi connectivity index (χ2n) is 8.88. The molecule has 2 aromatic heterocycles. The van der Waals surface area contributed by atoms with Crippen LogP contribution in [0.5, 0.6) is 0 Å². The van der Waals surface area contributed by atoms with Crippen LogP contribution in [0.25, 0.3) is 0 Å². The Hall–Kier alpha value is -2.77. The molecular formula is C23H36N6O5S2. The highest BCUT2D eigenvalue weighted by atomic mass is 32.1. The average molecular weight is 541 g/mol. The van der Waals surface area contributed by atoms with Crippen LogP contribution in [-0.4, -0.2) is 69.8 Å². The Morgan fingerprint density at radius 2 is 1.92 bits per heavy atom. The van der Waals surface area contributed by atoms with E-state index in [1.807, 2.05) is 12.3 Å². The fraction of sp³-hybridized carbons (Fsp3) is 0.609. The van der Waals surface area contributed by atoms with Crippen LogP contribution in [0.4, 0.5) is 9.59 Å². The van der Waals surface area contributed by atoms with Gasteiger partial charge in [-0.15, -0.1) is 22.7 Å².